The Balaban J connectivity index is 1.31. The lowest BCUT2D eigenvalue weighted by molar-refractivity contribution is 0.0170. The highest BCUT2D eigenvalue weighted by Gasteiger charge is 2.40. The molecule has 2 fully saturated rings. The van der Waals surface area contributed by atoms with Crippen LogP contribution >= 0.6 is 0 Å². The van der Waals surface area contributed by atoms with Gasteiger partial charge in [0.05, 0.1) is 6.10 Å². The van der Waals surface area contributed by atoms with Crippen molar-refractivity contribution in [1.82, 2.24) is 15.5 Å². The molecule has 0 bridgehead atoms. The quantitative estimate of drug-likeness (QED) is 0.380. The first kappa shape index (κ1) is 24.4. The lowest BCUT2D eigenvalue weighted by Gasteiger charge is -2.34. The van der Waals surface area contributed by atoms with Gasteiger partial charge >= 0.3 is 6.09 Å². The zero-order valence-corrected chi connectivity index (χ0v) is 20.3. The molecule has 3 rings (SSSR count). The average molecular weight is 445 g/mol. The Morgan fingerprint density at radius 2 is 1.94 bits per heavy atom. The molecule has 1 aromatic rings. The molecule has 1 saturated carbocycles. The molecule has 2 N–H and O–H groups in total. The van der Waals surface area contributed by atoms with Crippen LogP contribution in [-0.4, -0.2) is 68.0 Å². The number of benzene rings is 1. The summed E-state index contributed by atoms with van der Waals surface area (Å²) < 4.78 is 11.3. The van der Waals surface area contributed by atoms with E-state index in [0.717, 1.165) is 38.3 Å². The van der Waals surface area contributed by atoms with Crippen LogP contribution in [-0.2, 0) is 9.47 Å². The van der Waals surface area contributed by atoms with E-state index in [9.17, 15) is 4.79 Å². The number of nitrogens with zero attached hydrogens (tertiary/aromatic N) is 2. The number of piperidine rings is 1. The van der Waals surface area contributed by atoms with E-state index >= 15 is 0 Å². The van der Waals surface area contributed by atoms with E-state index in [0.29, 0.717) is 25.1 Å². The molecule has 178 valence electrons. The van der Waals surface area contributed by atoms with E-state index in [1.165, 1.54) is 17.5 Å². The lowest BCUT2D eigenvalue weighted by atomic mass is 10.0. The number of hydrogen-bond donors (Lipinski definition) is 2. The van der Waals surface area contributed by atoms with Gasteiger partial charge in [0.25, 0.3) is 0 Å². The number of amides is 1. The summed E-state index contributed by atoms with van der Waals surface area (Å²) in [6.07, 6.45) is 3.83. The number of aliphatic imine (C=N–C) groups is 1. The Morgan fingerprint density at radius 3 is 2.59 bits per heavy atom. The van der Waals surface area contributed by atoms with Crippen molar-refractivity contribution in [1.29, 1.82) is 0 Å². The molecule has 1 aliphatic heterocycles. The fraction of sp³-hybridized carbons (Fsp3) is 0.680. The number of hydrogen-bond acceptors (Lipinski definition) is 4. The summed E-state index contributed by atoms with van der Waals surface area (Å²) >= 11 is 0. The number of ether oxygens (including phenoxy) is 2. The molecule has 7 heteroatoms. The first-order valence-corrected chi connectivity index (χ1v) is 11.9. The number of carbonyl (C=O) groups excluding carboxylic acids is 1. The molecular weight excluding hydrogens is 404 g/mol. The summed E-state index contributed by atoms with van der Waals surface area (Å²) in [5, 5.41) is 6.45. The molecule has 1 amide bonds. The molecule has 2 aliphatic rings. The van der Waals surface area contributed by atoms with Gasteiger partial charge in [-0.3, -0.25) is 4.99 Å². The molecule has 0 aromatic heterocycles. The highest BCUT2D eigenvalue weighted by molar-refractivity contribution is 5.81. The second kappa shape index (κ2) is 11.0. The Bertz CT molecular complexity index is 782. The van der Waals surface area contributed by atoms with Gasteiger partial charge in [-0.25, -0.2) is 4.79 Å². The zero-order chi connectivity index (χ0) is 23.1. The minimum Gasteiger partial charge on any atom is -0.444 e. The molecule has 1 aromatic carbocycles. The Kier molecular flexibility index (Phi) is 8.40. The maximum Gasteiger partial charge on any atom is 0.407 e. The lowest BCUT2D eigenvalue weighted by Crippen LogP contribution is -2.47. The monoisotopic (exact) mass is 444 g/mol. The minimum absolute atomic E-state index is 0.270. The van der Waals surface area contributed by atoms with E-state index in [2.05, 4.69) is 51.7 Å². The van der Waals surface area contributed by atoms with Crippen LogP contribution in [0.3, 0.4) is 0 Å². The predicted octanol–water partition coefficient (Wildman–Crippen LogP) is 3.82. The Hall–Kier alpha value is -2.28. The van der Waals surface area contributed by atoms with Gasteiger partial charge in [0.15, 0.2) is 5.96 Å². The smallest absolute Gasteiger partial charge is 0.407 e. The standard InChI is InChI=1S/C25H40N4O3/c1-18-9-6-7-10-20(18)21-17-22(21)28-23(26-5)29-14-11-19(12-15-29)31-16-8-13-27-24(30)32-25(2,3)4/h6-7,9-10,19,21-22H,8,11-17H2,1-5H3,(H,26,28)(H,27,30). The molecule has 2 unspecified atom stereocenters. The largest absolute Gasteiger partial charge is 0.444 e. The van der Waals surface area contributed by atoms with Crippen LogP contribution in [0.25, 0.3) is 0 Å². The maximum absolute atomic E-state index is 11.7. The first-order valence-electron chi connectivity index (χ1n) is 11.9. The van der Waals surface area contributed by atoms with E-state index < -0.39 is 5.60 Å². The summed E-state index contributed by atoms with van der Waals surface area (Å²) in [7, 11) is 1.87. The molecule has 2 atom stereocenters. The van der Waals surface area contributed by atoms with Crippen LogP contribution in [0, 0.1) is 6.92 Å². The van der Waals surface area contributed by atoms with Crippen molar-refractivity contribution in [3.05, 3.63) is 35.4 Å². The van der Waals surface area contributed by atoms with Crippen molar-refractivity contribution in [3.8, 4) is 0 Å². The van der Waals surface area contributed by atoms with Gasteiger partial charge in [-0.2, -0.15) is 0 Å². The number of alkyl carbamates (subject to hydrolysis) is 1. The molecule has 1 saturated heterocycles. The SMILES string of the molecule is CN=C(NC1CC1c1ccccc1C)N1CCC(OCCCNC(=O)OC(C)(C)C)CC1. The third-order valence-electron chi connectivity index (χ3n) is 5.99. The van der Waals surface area contributed by atoms with Crippen LogP contribution in [0.5, 0.6) is 0 Å². The van der Waals surface area contributed by atoms with E-state index in [-0.39, 0.29) is 12.2 Å². The summed E-state index contributed by atoms with van der Waals surface area (Å²) in [6.45, 7) is 10.9. The zero-order valence-electron chi connectivity index (χ0n) is 20.3. The average Bonchev–Trinajstić information content (AvgIpc) is 3.50. The van der Waals surface area contributed by atoms with Gasteiger partial charge in [-0.15, -0.1) is 0 Å². The van der Waals surface area contributed by atoms with E-state index in [4.69, 9.17) is 9.47 Å². The van der Waals surface area contributed by atoms with Gasteiger partial charge in [-0.1, -0.05) is 24.3 Å². The highest BCUT2D eigenvalue weighted by Crippen LogP contribution is 2.42. The van der Waals surface area contributed by atoms with E-state index in [1.54, 1.807) is 0 Å². The first-order chi connectivity index (χ1) is 15.3. The van der Waals surface area contributed by atoms with Crippen LogP contribution in [0.2, 0.25) is 0 Å². The molecule has 0 spiro atoms. The third-order valence-corrected chi connectivity index (χ3v) is 5.99. The van der Waals surface area contributed by atoms with Crippen molar-refractivity contribution >= 4 is 12.1 Å². The van der Waals surface area contributed by atoms with Crippen LogP contribution in [0.15, 0.2) is 29.3 Å². The van der Waals surface area contributed by atoms with Gasteiger partial charge in [0.1, 0.15) is 5.60 Å². The summed E-state index contributed by atoms with van der Waals surface area (Å²) in [6, 6.07) is 9.15. The topological polar surface area (TPSA) is 75.2 Å². The van der Waals surface area contributed by atoms with Crippen molar-refractivity contribution in [2.45, 2.75) is 77.0 Å². The van der Waals surface area contributed by atoms with Crippen LogP contribution < -0.4 is 10.6 Å². The highest BCUT2D eigenvalue weighted by atomic mass is 16.6. The number of carbonyl (C=O) groups is 1. The number of guanidine groups is 1. The fourth-order valence-corrected chi connectivity index (χ4v) is 4.23. The van der Waals surface area contributed by atoms with Gasteiger partial charge in [0, 0.05) is 45.2 Å². The molecule has 1 heterocycles. The number of nitrogens with one attached hydrogen (secondary N) is 2. The van der Waals surface area contributed by atoms with Crippen LogP contribution in [0.1, 0.15) is 63.5 Å². The normalized spacial score (nSPS) is 21.9. The van der Waals surface area contributed by atoms with Gasteiger partial charge < -0.3 is 25.0 Å². The fourth-order valence-electron chi connectivity index (χ4n) is 4.23. The number of likely N-dealkylation sites (tertiary alicyclic amines) is 1. The van der Waals surface area contributed by atoms with Gasteiger partial charge in [-0.05, 0) is 64.5 Å². The summed E-state index contributed by atoms with van der Waals surface area (Å²) in [5.74, 6) is 1.59. The van der Waals surface area contributed by atoms with Gasteiger partial charge in [0.2, 0.25) is 0 Å². The molecular formula is C25H40N4O3. The maximum atomic E-state index is 11.7. The number of rotatable bonds is 7. The minimum atomic E-state index is -0.467. The predicted molar refractivity (Wildman–Crippen MR) is 128 cm³/mol. The van der Waals surface area contributed by atoms with Crippen LogP contribution in [0.4, 0.5) is 4.79 Å². The second-order valence-corrected chi connectivity index (χ2v) is 9.84. The molecule has 7 nitrogen and oxygen atoms in total. The van der Waals surface area contributed by atoms with Crippen molar-refractivity contribution in [2.75, 3.05) is 33.3 Å². The number of aryl methyl sites for hydroxylation is 1. The summed E-state index contributed by atoms with van der Waals surface area (Å²) in [5.41, 5.74) is 2.36. The Morgan fingerprint density at radius 1 is 1.22 bits per heavy atom. The molecule has 1 aliphatic carbocycles. The third kappa shape index (κ3) is 7.40. The van der Waals surface area contributed by atoms with Crippen molar-refractivity contribution < 1.29 is 14.3 Å². The molecule has 32 heavy (non-hydrogen) atoms. The summed E-state index contributed by atoms with van der Waals surface area (Å²) in [4.78, 5) is 18.5. The van der Waals surface area contributed by atoms with E-state index in [1.807, 2.05) is 27.8 Å². The van der Waals surface area contributed by atoms with Crippen molar-refractivity contribution in [2.24, 2.45) is 4.99 Å². The molecule has 0 radical (unpaired) electrons. The Labute approximate surface area is 192 Å². The second-order valence-electron chi connectivity index (χ2n) is 9.84. The van der Waals surface area contributed by atoms with Crippen molar-refractivity contribution in [3.63, 3.8) is 0 Å².